The van der Waals surface area contributed by atoms with Gasteiger partial charge in [-0.3, -0.25) is 4.98 Å². The van der Waals surface area contributed by atoms with E-state index in [9.17, 15) is 4.39 Å². The van der Waals surface area contributed by atoms with E-state index < -0.39 is 0 Å². The van der Waals surface area contributed by atoms with Gasteiger partial charge < -0.3 is 15.6 Å². The minimum atomic E-state index is -0.351. The number of halogens is 1. The molecule has 0 atom stereocenters. The highest BCUT2D eigenvalue weighted by Crippen LogP contribution is 2.25. The quantitative estimate of drug-likeness (QED) is 0.252. The third-order valence-corrected chi connectivity index (χ3v) is 6.57. The number of benzene rings is 1. The number of nitrogens with one attached hydrogen (secondary N) is 3. The van der Waals surface area contributed by atoms with E-state index in [1.165, 1.54) is 18.0 Å². The van der Waals surface area contributed by atoms with Gasteiger partial charge in [0.15, 0.2) is 5.82 Å². The third-order valence-electron chi connectivity index (χ3n) is 5.54. The molecule has 0 radical (unpaired) electrons. The molecule has 10 heteroatoms. The fraction of sp³-hybridized carbons (Fsp3) is 0.240. The number of aryl methyl sites for hydroxylation is 1. The molecule has 0 aliphatic heterocycles. The van der Waals surface area contributed by atoms with Crippen LogP contribution in [0, 0.1) is 12.7 Å². The molecule has 1 aromatic carbocycles. The van der Waals surface area contributed by atoms with Crippen molar-refractivity contribution >= 4 is 27.5 Å². The third kappa shape index (κ3) is 5.67. The lowest BCUT2D eigenvalue weighted by Crippen LogP contribution is -2.20. The number of aromatic amines is 1. The van der Waals surface area contributed by atoms with Crippen LogP contribution in [0.5, 0.6) is 0 Å². The lowest BCUT2D eigenvalue weighted by Gasteiger charge is -2.05. The van der Waals surface area contributed by atoms with E-state index in [4.69, 9.17) is 4.98 Å². The molecular weight excluding hydrogens is 463 g/mol. The van der Waals surface area contributed by atoms with Crippen LogP contribution < -0.4 is 10.6 Å². The molecule has 0 saturated carbocycles. The summed E-state index contributed by atoms with van der Waals surface area (Å²) < 4.78 is 13.9. The normalized spacial score (nSPS) is 11.3. The summed E-state index contributed by atoms with van der Waals surface area (Å²) in [5, 5.41) is 7.56. The minimum Gasteiger partial charge on any atom is -0.362 e. The predicted molar refractivity (Wildman–Crippen MR) is 136 cm³/mol. The van der Waals surface area contributed by atoms with E-state index in [1.807, 2.05) is 6.20 Å². The van der Waals surface area contributed by atoms with Crippen molar-refractivity contribution in [3.05, 3.63) is 83.0 Å². The number of hydrogen-bond donors (Lipinski definition) is 3. The summed E-state index contributed by atoms with van der Waals surface area (Å²) >= 11 is 1.54. The lowest BCUT2D eigenvalue weighted by molar-refractivity contribution is 0.602. The van der Waals surface area contributed by atoms with Gasteiger partial charge in [0.2, 0.25) is 0 Å². The monoisotopic (exact) mass is 488 g/mol. The van der Waals surface area contributed by atoms with Crippen LogP contribution in [0.3, 0.4) is 0 Å². The first-order valence-corrected chi connectivity index (χ1v) is 12.2. The Balaban J connectivity index is 1.12. The number of anilines is 1. The Labute approximate surface area is 206 Å². The molecule has 5 rings (SSSR count). The zero-order valence-electron chi connectivity index (χ0n) is 19.3. The molecule has 35 heavy (non-hydrogen) atoms. The number of nitrogens with zero attached hydrogens (tertiary/aromatic N) is 5. The Hall–Kier alpha value is -3.76. The molecule has 0 amide bonds. The van der Waals surface area contributed by atoms with Crippen LogP contribution in [0.25, 0.3) is 21.6 Å². The first-order chi connectivity index (χ1) is 17.2. The highest BCUT2D eigenvalue weighted by atomic mass is 32.1. The number of thiazole rings is 1. The van der Waals surface area contributed by atoms with Crippen LogP contribution in [-0.2, 0) is 19.4 Å². The Morgan fingerprint density at radius 3 is 2.71 bits per heavy atom. The standard InChI is InChI=1S/C25H25FN8S/c1-16-4-6-17(7-5-16)19-13-29-21(33-19)8-11-27-12-9-22-34-23-24(31-15-32-25(23)35-22)30-14-20-18(26)3-2-10-28-20/h2-7,10,13,15,27H,8-9,11-12,14H2,1H3,(H,29,33)(H,30,31,32). The average Bonchev–Trinajstić information content (AvgIpc) is 3.51. The van der Waals surface area contributed by atoms with Gasteiger partial charge in [-0.2, -0.15) is 0 Å². The van der Waals surface area contributed by atoms with E-state index in [1.54, 1.807) is 23.6 Å². The van der Waals surface area contributed by atoms with Crippen molar-refractivity contribution in [2.24, 2.45) is 0 Å². The van der Waals surface area contributed by atoms with E-state index in [-0.39, 0.29) is 12.4 Å². The summed E-state index contributed by atoms with van der Waals surface area (Å²) in [5.74, 6) is 1.19. The van der Waals surface area contributed by atoms with Gasteiger partial charge in [-0.05, 0) is 24.6 Å². The smallest absolute Gasteiger partial charge is 0.157 e. The lowest BCUT2D eigenvalue weighted by atomic mass is 10.1. The number of pyridine rings is 1. The van der Waals surface area contributed by atoms with Crippen molar-refractivity contribution in [3.8, 4) is 11.3 Å². The molecule has 4 heterocycles. The van der Waals surface area contributed by atoms with Gasteiger partial charge in [-0.1, -0.05) is 41.2 Å². The molecule has 0 saturated heterocycles. The van der Waals surface area contributed by atoms with E-state index >= 15 is 0 Å². The van der Waals surface area contributed by atoms with E-state index in [0.29, 0.717) is 17.0 Å². The van der Waals surface area contributed by atoms with Crippen molar-refractivity contribution in [1.82, 2.24) is 35.2 Å². The minimum absolute atomic E-state index is 0.228. The van der Waals surface area contributed by atoms with E-state index in [2.05, 4.69) is 66.7 Å². The molecule has 0 bridgehead atoms. The van der Waals surface area contributed by atoms with Crippen LogP contribution in [0.2, 0.25) is 0 Å². The molecule has 0 fully saturated rings. The molecule has 0 aliphatic rings. The Morgan fingerprint density at radius 1 is 1.00 bits per heavy atom. The molecule has 0 unspecified atom stereocenters. The van der Waals surface area contributed by atoms with Crippen molar-refractivity contribution in [2.75, 3.05) is 18.4 Å². The highest BCUT2D eigenvalue weighted by Gasteiger charge is 2.12. The number of rotatable bonds is 10. The summed E-state index contributed by atoms with van der Waals surface area (Å²) in [6, 6.07) is 11.4. The van der Waals surface area contributed by atoms with Crippen LogP contribution >= 0.6 is 11.3 Å². The first kappa shape index (κ1) is 23.0. The second-order valence-corrected chi connectivity index (χ2v) is 9.19. The largest absolute Gasteiger partial charge is 0.362 e. The van der Waals surface area contributed by atoms with Gasteiger partial charge in [0.05, 0.1) is 29.1 Å². The predicted octanol–water partition coefficient (Wildman–Crippen LogP) is 4.31. The van der Waals surface area contributed by atoms with Gasteiger partial charge in [0.1, 0.15) is 28.3 Å². The first-order valence-electron chi connectivity index (χ1n) is 11.4. The van der Waals surface area contributed by atoms with Gasteiger partial charge in [-0.15, -0.1) is 0 Å². The summed E-state index contributed by atoms with van der Waals surface area (Å²) in [7, 11) is 0. The van der Waals surface area contributed by atoms with Crippen molar-refractivity contribution in [3.63, 3.8) is 0 Å². The Bertz CT molecular complexity index is 1410. The zero-order chi connectivity index (χ0) is 24.0. The second kappa shape index (κ2) is 10.7. The fourth-order valence-corrected chi connectivity index (χ4v) is 4.55. The summed E-state index contributed by atoms with van der Waals surface area (Å²) in [4.78, 5) is 26.1. The summed E-state index contributed by atoms with van der Waals surface area (Å²) in [5.41, 5.74) is 4.45. The molecule has 0 spiro atoms. The van der Waals surface area contributed by atoms with Crippen molar-refractivity contribution in [2.45, 2.75) is 26.3 Å². The van der Waals surface area contributed by atoms with Crippen LogP contribution in [0.4, 0.5) is 10.2 Å². The SMILES string of the molecule is Cc1ccc(-c2cnc(CCNCCc3nc4c(NCc5ncccc5F)ncnc4s3)[nH]2)cc1. The number of aromatic nitrogens is 6. The average molecular weight is 489 g/mol. The van der Waals surface area contributed by atoms with Gasteiger partial charge in [-0.25, -0.2) is 24.3 Å². The molecule has 0 aliphatic carbocycles. The van der Waals surface area contributed by atoms with Crippen LogP contribution in [-0.4, -0.2) is 43.0 Å². The number of fused-ring (bicyclic) bond motifs is 1. The summed E-state index contributed by atoms with van der Waals surface area (Å²) in [6.07, 6.45) is 6.54. The molecule has 5 aromatic rings. The Kier molecular flexibility index (Phi) is 7.01. The Morgan fingerprint density at radius 2 is 1.86 bits per heavy atom. The molecule has 8 nitrogen and oxygen atoms in total. The zero-order valence-corrected chi connectivity index (χ0v) is 20.1. The van der Waals surface area contributed by atoms with Gasteiger partial charge in [0.25, 0.3) is 0 Å². The maximum atomic E-state index is 13.9. The number of hydrogen-bond acceptors (Lipinski definition) is 8. The molecular formula is C25H25FN8S. The van der Waals surface area contributed by atoms with Gasteiger partial charge in [0, 0.05) is 32.1 Å². The second-order valence-electron chi connectivity index (χ2n) is 8.13. The fourth-order valence-electron chi connectivity index (χ4n) is 3.65. The van der Waals surface area contributed by atoms with Gasteiger partial charge >= 0.3 is 0 Å². The highest BCUT2D eigenvalue weighted by molar-refractivity contribution is 7.18. The van der Waals surface area contributed by atoms with E-state index in [0.717, 1.165) is 52.9 Å². The van der Waals surface area contributed by atoms with Crippen molar-refractivity contribution < 1.29 is 4.39 Å². The molecule has 4 aromatic heterocycles. The number of H-pyrrole nitrogens is 1. The molecule has 178 valence electrons. The van der Waals surface area contributed by atoms with Crippen LogP contribution in [0.1, 0.15) is 22.1 Å². The topological polar surface area (TPSA) is 104 Å². The maximum Gasteiger partial charge on any atom is 0.157 e. The van der Waals surface area contributed by atoms with Crippen LogP contribution in [0.15, 0.2) is 55.1 Å². The summed E-state index contributed by atoms with van der Waals surface area (Å²) in [6.45, 7) is 3.91. The maximum absolute atomic E-state index is 13.9. The van der Waals surface area contributed by atoms with Crippen molar-refractivity contribution in [1.29, 1.82) is 0 Å². The molecule has 3 N–H and O–H groups in total. The number of imidazole rings is 1.